The van der Waals surface area contributed by atoms with Crippen molar-refractivity contribution in [1.29, 1.82) is 0 Å². The van der Waals surface area contributed by atoms with Crippen molar-refractivity contribution in [1.82, 2.24) is 0 Å². The Balaban J connectivity index is 1.62. The van der Waals surface area contributed by atoms with E-state index in [1.807, 2.05) is 6.08 Å². The van der Waals surface area contributed by atoms with Crippen LogP contribution in [0.25, 0.3) is 0 Å². The second-order valence-corrected chi connectivity index (χ2v) is 12.8. The molecule has 0 aromatic rings. The molecule has 4 rings (SSSR count). The molecule has 4 aliphatic carbocycles. The number of carbonyl (C=O) groups excluding carboxylic acids is 3. The van der Waals surface area contributed by atoms with Crippen molar-refractivity contribution in [2.45, 2.75) is 91.0 Å². The maximum atomic E-state index is 12.3. The van der Waals surface area contributed by atoms with E-state index in [2.05, 4.69) is 32.9 Å². The van der Waals surface area contributed by atoms with Crippen molar-refractivity contribution in [3.05, 3.63) is 35.5 Å². The minimum atomic E-state index is -1.37. The van der Waals surface area contributed by atoms with Gasteiger partial charge in [0, 0.05) is 18.3 Å². The molecule has 3 saturated carbocycles. The van der Waals surface area contributed by atoms with Gasteiger partial charge in [0.25, 0.3) is 0 Å². The fourth-order valence-electron chi connectivity index (χ4n) is 8.10. The van der Waals surface area contributed by atoms with Gasteiger partial charge < -0.3 is 24.1 Å². The maximum Gasteiger partial charge on any atom is 0.508 e. The number of ether oxygens (including phenoxy) is 4. The molecule has 1 N–H and O–H groups in total. The molecule has 0 heterocycles. The molecule has 0 unspecified atom stereocenters. The van der Waals surface area contributed by atoms with E-state index in [0.29, 0.717) is 24.7 Å². The first-order chi connectivity index (χ1) is 18.2. The van der Waals surface area contributed by atoms with Gasteiger partial charge in [-0.05, 0) is 74.7 Å². The zero-order chi connectivity index (χ0) is 28.8. The van der Waals surface area contributed by atoms with E-state index in [4.69, 9.17) is 18.9 Å². The van der Waals surface area contributed by atoms with Crippen LogP contribution in [0, 0.1) is 34.5 Å². The van der Waals surface area contributed by atoms with Crippen molar-refractivity contribution in [3.63, 3.8) is 0 Å². The normalized spacial score (nSPS) is 36.5. The molecule has 0 aromatic carbocycles. The van der Waals surface area contributed by atoms with Crippen LogP contribution >= 0.6 is 0 Å². The second kappa shape index (κ2) is 10.8. The molecule has 4 aliphatic rings. The van der Waals surface area contributed by atoms with E-state index in [0.717, 1.165) is 31.3 Å². The van der Waals surface area contributed by atoms with Crippen molar-refractivity contribution >= 4 is 18.1 Å². The summed E-state index contributed by atoms with van der Waals surface area (Å²) in [5.74, 6) is 0.932. The Morgan fingerprint density at radius 2 is 1.69 bits per heavy atom. The molecule has 0 amide bonds. The van der Waals surface area contributed by atoms with Gasteiger partial charge in [-0.25, -0.2) is 9.59 Å². The summed E-state index contributed by atoms with van der Waals surface area (Å²) in [7, 11) is 2.58. The van der Waals surface area contributed by atoms with Crippen LogP contribution in [-0.2, 0) is 23.7 Å². The fraction of sp³-hybridized carbons (Fsp3) is 0.710. The van der Waals surface area contributed by atoms with Gasteiger partial charge in [0.15, 0.2) is 5.78 Å². The van der Waals surface area contributed by atoms with Gasteiger partial charge in [0.2, 0.25) is 0 Å². The van der Waals surface area contributed by atoms with Crippen molar-refractivity contribution < 1.29 is 38.4 Å². The number of ketones is 1. The Hall–Kier alpha value is -2.61. The minimum Gasteiger partial charge on any atom is -0.438 e. The molecular formula is C31H44O8. The third-order valence-electron chi connectivity index (χ3n) is 10.3. The molecule has 0 spiro atoms. The Morgan fingerprint density at radius 3 is 2.33 bits per heavy atom. The summed E-state index contributed by atoms with van der Waals surface area (Å²) < 4.78 is 20.9. The lowest BCUT2D eigenvalue weighted by molar-refractivity contribution is -0.128. The van der Waals surface area contributed by atoms with E-state index >= 15 is 0 Å². The van der Waals surface area contributed by atoms with Gasteiger partial charge in [-0.3, -0.25) is 4.79 Å². The lowest BCUT2D eigenvalue weighted by Crippen LogP contribution is -2.54. The van der Waals surface area contributed by atoms with Gasteiger partial charge >= 0.3 is 12.3 Å². The van der Waals surface area contributed by atoms with Crippen LogP contribution in [0.1, 0.15) is 73.1 Å². The van der Waals surface area contributed by atoms with Crippen LogP contribution in [0.3, 0.4) is 0 Å². The molecule has 0 aliphatic heterocycles. The SMILES string of the molecule is COC(=O)O[C@@H]1CC2=CC=C3[C@@H]4CC[C@H]([C@H](C)/C=C/C(=O)C(C)(C)O)[C@@]4(C)CC[C@@H]3[C@@]2(C)[C@@H](OC(=O)OC)C1. The summed E-state index contributed by atoms with van der Waals surface area (Å²) >= 11 is 0. The number of rotatable bonds is 6. The van der Waals surface area contributed by atoms with E-state index in [1.54, 1.807) is 6.08 Å². The minimum absolute atomic E-state index is 0.0788. The summed E-state index contributed by atoms with van der Waals surface area (Å²) in [4.78, 5) is 36.5. The highest BCUT2D eigenvalue weighted by molar-refractivity contribution is 5.96. The molecule has 3 fully saturated rings. The molecule has 8 nitrogen and oxygen atoms in total. The number of hydrogen-bond donors (Lipinski definition) is 1. The van der Waals surface area contributed by atoms with E-state index < -0.39 is 35.5 Å². The highest BCUT2D eigenvalue weighted by atomic mass is 16.7. The van der Waals surface area contributed by atoms with E-state index in [-0.39, 0.29) is 23.0 Å². The third-order valence-corrected chi connectivity index (χ3v) is 10.3. The van der Waals surface area contributed by atoms with Gasteiger partial charge in [0.1, 0.15) is 17.8 Å². The molecule has 0 aromatic heterocycles. The highest BCUT2D eigenvalue weighted by Crippen LogP contribution is 2.66. The predicted molar refractivity (Wildman–Crippen MR) is 145 cm³/mol. The third kappa shape index (κ3) is 5.29. The maximum absolute atomic E-state index is 12.3. The average Bonchev–Trinajstić information content (AvgIpc) is 3.24. The van der Waals surface area contributed by atoms with Crippen molar-refractivity contribution in [2.75, 3.05) is 14.2 Å². The average molecular weight is 545 g/mol. The smallest absolute Gasteiger partial charge is 0.438 e. The lowest BCUT2D eigenvalue weighted by atomic mass is 9.49. The second-order valence-electron chi connectivity index (χ2n) is 12.8. The summed E-state index contributed by atoms with van der Waals surface area (Å²) in [6.07, 6.45) is 10.5. The summed E-state index contributed by atoms with van der Waals surface area (Å²) in [5, 5.41) is 10.0. The zero-order valence-electron chi connectivity index (χ0n) is 24.3. The Kier molecular flexibility index (Phi) is 8.10. The van der Waals surface area contributed by atoms with Gasteiger partial charge in [-0.1, -0.05) is 50.1 Å². The number of hydrogen-bond acceptors (Lipinski definition) is 8. The number of fused-ring (bicyclic) bond motifs is 5. The van der Waals surface area contributed by atoms with Gasteiger partial charge in [0.05, 0.1) is 14.2 Å². The van der Waals surface area contributed by atoms with Crippen molar-refractivity contribution in [3.8, 4) is 0 Å². The standard InChI is InChI=1S/C31H44O8/c1-18(8-13-25(32)29(2,3)35)22-11-12-23-21-10-9-19-16-20(38-27(33)36-6)17-26(39-28(34)37-7)31(19,5)24(21)14-15-30(22,23)4/h8-10,13,18,20,22-24,26,35H,11-12,14-17H2,1-7H3/b13-8+/t18-,20-,22-,23+,24+,26+,30-,31+/m1/s1. The molecule has 0 radical (unpaired) electrons. The molecule has 39 heavy (non-hydrogen) atoms. The Labute approximate surface area is 231 Å². The van der Waals surface area contributed by atoms with Crippen LogP contribution in [0.4, 0.5) is 9.59 Å². The largest absolute Gasteiger partial charge is 0.508 e. The molecule has 0 bridgehead atoms. The number of aliphatic hydroxyl groups is 1. The first-order valence-electron chi connectivity index (χ1n) is 14.1. The van der Waals surface area contributed by atoms with Crippen LogP contribution in [0.15, 0.2) is 35.5 Å². The van der Waals surface area contributed by atoms with Crippen LogP contribution < -0.4 is 0 Å². The molecule has 216 valence electrons. The summed E-state index contributed by atoms with van der Waals surface area (Å²) in [6.45, 7) is 9.78. The van der Waals surface area contributed by atoms with E-state index in [9.17, 15) is 19.5 Å². The predicted octanol–water partition coefficient (Wildman–Crippen LogP) is 5.93. The monoisotopic (exact) mass is 544 g/mol. The summed E-state index contributed by atoms with van der Waals surface area (Å²) in [6, 6.07) is 0. The highest BCUT2D eigenvalue weighted by Gasteiger charge is 2.60. The molecule has 0 saturated heterocycles. The van der Waals surface area contributed by atoms with Crippen LogP contribution in [-0.4, -0.2) is 55.2 Å². The topological polar surface area (TPSA) is 108 Å². The molecule has 8 atom stereocenters. The number of carbonyl (C=O) groups is 3. The van der Waals surface area contributed by atoms with Crippen LogP contribution in [0.2, 0.25) is 0 Å². The first kappa shape index (κ1) is 29.4. The fourth-order valence-corrected chi connectivity index (χ4v) is 8.10. The molecular weight excluding hydrogens is 500 g/mol. The van der Waals surface area contributed by atoms with Gasteiger partial charge in [-0.15, -0.1) is 0 Å². The van der Waals surface area contributed by atoms with E-state index in [1.165, 1.54) is 33.6 Å². The first-order valence-corrected chi connectivity index (χ1v) is 14.1. The lowest BCUT2D eigenvalue weighted by Gasteiger charge is -2.57. The summed E-state index contributed by atoms with van der Waals surface area (Å²) in [5.41, 5.74) is 0.803. The Bertz CT molecular complexity index is 1080. The van der Waals surface area contributed by atoms with Gasteiger partial charge in [-0.2, -0.15) is 0 Å². The number of allylic oxidation sites excluding steroid dienone is 4. The quantitative estimate of drug-likeness (QED) is 0.324. The van der Waals surface area contributed by atoms with Crippen LogP contribution in [0.5, 0.6) is 0 Å². The molecule has 8 heteroatoms. The number of methoxy groups -OCH3 is 2. The Morgan fingerprint density at radius 1 is 1.03 bits per heavy atom. The van der Waals surface area contributed by atoms with Crippen molar-refractivity contribution in [2.24, 2.45) is 34.5 Å². The zero-order valence-corrected chi connectivity index (χ0v) is 24.3.